The van der Waals surface area contributed by atoms with Crippen LogP contribution >= 0.6 is 0 Å². The third-order valence-corrected chi connectivity index (χ3v) is 6.95. The maximum absolute atomic E-state index is 13.1. The van der Waals surface area contributed by atoms with Crippen molar-refractivity contribution in [2.75, 3.05) is 20.4 Å². The van der Waals surface area contributed by atoms with Crippen molar-refractivity contribution in [3.05, 3.63) is 52.1 Å². The van der Waals surface area contributed by atoms with Crippen LogP contribution in [0.4, 0.5) is 13.2 Å². The van der Waals surface area contributed by atoms with Gasteiger partial charge in [0.15, 0.2) is 11.5 Å². The Kier molecular flexibility index (Phi) is 5.27. The van der Waals surface area contributed by atoms with E-state index < -0.39 is 23.9 Å². The van der Waals surface area contributed by atoms with Crippen LogP contribution in [0.3, 0.4) is 0 Å². The Balaban J connectivity index is 1.71. The minimum Gasteiger partial charge on any atom is -0.504 e. The number of carbonyl (C=O) groups excluding carboxylic acids is 1. The topological polar surface area (TPSA) is 68.2 Å². The highest BCUT2D eigenvalue weighted by Crippen LogP contribution is 2.56. The Morgan fingerprint density at radius 1 is 1.15 bits per heavy atom. The van der Waals surface area contributed by atoms with Gasteiger partial charge < -0.3 is 19.3 Å². The summed E-state index contributed by atoms with van der Waals surface area (Å²) >= 11 is 0. The van der Waals surface area contributed by atoms with Gasteiger partial charge in [0.25, 0.3) is 0 Å². The van der Waals surface area contributed by atoms with Crippen LogP contribution in [0.5, 0.6) is 17.2 Å². The third-order valence-electron chi connectivity index (χ3n) is 6.95. The summed E-state index contributed by atoms with van der Waals surface area (Å²) in [4.78, 5) is 14.5. The van der Waals surface area contributed by atoms with Gasteiger partial charge in [-0.05, 0) is 55.6 Å². The standard InChI is InChI=1S/C25H24F3NO5/c1-4-15-12(2)21(34-24(15)31)19-18-16(9-10-29(19)3)17(22-23(20(18)30)33-11-32-22)13-5-7-14(8-6-13)25(26,27)28/h5-8,19,21,30H,4,9-11H2,1-3H3. The van der Waals surface area contributed by atoms with Crippen LogP contribution in [0, 0.1) is 0 Å². The fourth-order valence-corrected chi connectivity index (χ4v) is 5.25. The average Bonchev–Trinajstić information content (AvgIpc) is 3.38. The second-order valence-corrected chi connectivity index (χ2v) is 8.77. The second-order valence-electron chi connectivity index (χ2n) is 8.77. The van der Waals surface area contributed by atoms with E-state index in [1.807, 2.05) is 25.8 Å². The molecular weight excluding hydrogens is 451 g/mol. The number of hydrogen-bond donors (Lipinski definition) is 1. The fraction of sp³-hybridized carbons (Fsp3) is 0.400. The number of halogens is 3. The lowest BCUT2D eigenvalue weighted by Gasteiger charge is -2.39. The number of phenols is 1. The number of cyclic esters (lactones) is 1. The average molecular weight is 475 g/mol. The Labute approximate surface area is 194 Å². The second kappa shape index (κ2) is 7.94. The highest BCUT2D eigenvalue weighted by atomic mass is 19.4. The molecule has 0 radical (unpaired) electrons. The molecule has 0 saturated heterocycles. The van der Waals surface area contributed by atoms with E-state index in [4.69, 9.17) is 14.2 Å². The SMILES string of the molecule is CCC1=C(C)C(C2c3c(O)c4c(c(-c5ccc(C(F)(F)F)cc5)c3CCN2C)OCO4)OC1=O. The van der Waals surface area contributed by atoms with Crippen molar-refractivity contribution in [3.8, 4) is 28.4 Å². The van der Waals surface area contributed by atoms with Gasteiger partial charge in [-0.3, -0.25) is 4.90 Å². The Morgan fingerprint density at radius 2 is 1.82 bits per heavy atom. The number of ether oxygens (including phenoxy) is 3. The molecule has 180 valence electrons. The van der Waals surface area contributed by atoms with Crippen LogP contribution in [0.25, 0.3) is 11.1 Å². The first kappa shape index (κ1) is 22.6. The molecule has 6 nitrogen and oxygen atoms in total. The maximum Gasteiger partial charge on any atom is 0.416 e. The number of rotatable bonds is 3. The molecule has 34 heavy (non-hydrogen) atoms. The van der Waals surface area contributed by atoms with Crippen LogP contribution in [0.15, 0.2) is 35.4 Å². The van der Waals surface area contributed by atoms with Crippen molar-refractivity contribution in [2.45, 2.75) is 45.0 Å². The molecule has 2 atom stereocenters. The lowest BCUT2D eigenvalue weighted by molar-refractivity contribution is -0.142. The summed E-state index contributed by atoms with van der Waals surface area (Å²) in [5, 5.41) is 11.3. The Morgan fingerprint density at radius 3 is 2.44 bits per heavy atom. The van der Waals surface area contributed by atoms with Gasteiger partial charge in [-0.1, -0.05) is 19.1 Å². The van der Waals surface area contributed by atoms with Crippen molar-refractivity contribution in [1.82, 2.24) is 4.90 Å². The number of alkyl halides is 3. The molecule has 0 bridgehead atoms. The predicted octanol–water partition coefficient (Wildman–Crippen LogP) is 4.99. The van der Waals surface area contributed by atoms with E-state index in [0.29, 0.717) is 47.4 Å². The normalized spacial score (nSPS) is 22.2. The fourth-order valence-electron chi connectivity index (χ4n) is 5.25. The number of hydrogen-bond acceptors (Lipinski definition) is 6. The predicted molar refractivity (Wildman–Crippen MR) is 117 cm³/mol. The Hall–Kier alpha value is -3.20. The third kappa shape index (κ3) is 3.33. The summed E-state index contributed by atoms with van der Waals surface area (Å²) in [5.41, 5.74) is 3.09. The molecule has 2 aromatic rings. The zero-order valence-corrected chi connectivity index (χ0v) is 19.0. The molecule has 9 heteroatoms. The summed E-state index contributed by atoms with van der Waals surface area (Å²) in [6.07, 6.45) is -3.99. The molecule has 5 rings (SSSR count). The molecule has 0 aliphatic carbocycles. The van der Waals surface area contributed by atoms with Gasteiger partial charge in [-0.2, -0.15) is 13.2 Å². The van der Waals surface area contributed by atoms with Crippen molar-refractivity contribution in [1.29, 1.82) is 0 Å². The molecule has 0 aromatic heterocycles. The number of carbonyl (C=O) groups is 1. The maximum atomic E-state index is 13.1. The van der Waals surface area contributed by atoms with Crippen molar-refractivity contribution in [3.63, 3.8) is 0 Å². The van der Waals surface area contributed by atoms with Gasteiger partial charge in [0.2, 0.25) is 12.5 Å². The lowest BCUT2D eigenvalue weighted by Crippen LogP contribution is -2.40. The number of benzene rings is 2. The van der Waals surface area contributed by atoms with E-state index in [0.717, 1.165) is 23.3 Å². The number of nitrogens with zero attached hydrogens (tertiary/aromatic N) is 1. The van der Waals surface area contributed by atoms with Crippen LogP contribution in [0.2, 0.25) is 0 Å². The smallest absolute Gasteiger partial charge is 0.416 e. The first-order valence-electron chi connectivity index (χ1n) is 11.1. The van der Waals surface area contributed by atoms with E-state index in [1.54, 1.807) is 0 Å². The van der Waals surface area contributed by atoms with E-state index >= 15 is 0 Å². The molecule has 3 heterocycles. The number of likely N-dealkylation sites (N-methyl/N-ethyl adjacent to an activating group) is 1. The molecule has 1 N–H and O–H groups in total. The number of aromatic hydroxyl groups is 1. The molecule has 2 unspecified atom stereocenters. The van der Waals surface area contributed by atoms with Gasteiger partial charge in [0.05, 0.1) is 11.6 Å². The first-order valence-corrected chi connectivity index (χ1v) is 11.1. The van der Waals surface area contributed by atoms with Gasteiger partial charge in [0.1, 0.15) is 6.10 Å². The van der Waals surface area contributed by atoms with E-state index in [1.165, 1.54) is 12.1 Å². The zero-order chi connectivity index (χ0) is 24.4. The number of phenolic OH excluding ortho intramolecular Hbond substituents is 1. The minimum absolute atomic E-state index is 0.0940. The summed E-state index contributed by atoms with van der Waals surface area (Å²) in [6, 6.07) is 4.38. The highest BCUT2D eigenvalue weighted by Gasteiger charge is 2.45. The van der Waals surface area contributed by atoms with Gasteiger partial charge >= 0.3 is 12.1 Å². The van der Waals surface area contributed by atoms with E-state index in [2.05, 4.69) is 0 Å². The van der Waals surface area contributed by atoms with Crippen LogP contribution < -0.4 is 9.47 Å². The zero-order valence-electron chi connectivity index (χ0n) is 19.0. The summed E-state index contributed by atoms with van der Waals surface area (Å²) in [7, 11) is 1.89. The molecule has 0 amide bonds. The number of fused-ring (bicyclic) bond motifs is 2. The minimum atomic E-state index is -4.45. The highest BCUT2D eigenvalue weighted by molar-refractivity contribution is 5.92. The van der Waals surface area contributed by atoms with E-state index in [-0.39, 0.29) is 24.3 Å². The van der Waals surface area contributed by atoms with Crippen molar-refractivity contribution in [2.24, 2.45) is 0 Å². The quantitative estimate of drug-likeness (QED) is 0.631. The molecule has 0 spiro atoms. The summed E-state index contributed by atoms with van der Waals surface area (Å²) in [6.45, 7) is 4.22. The molecular formula is C25H24F3NO5. The summed E-state index contributed by atoms with van der Waals surface area (Å²) < 4.78 is 56.4. The summed E-state index contributed by atoms with van der Waals surface area (Å²) in [5.74, 6) is -0.00270. The molecule has 3 aliphatic heterocycles. The molecule has 3 aliphatic rings. The molecule has 2 aromatic carbocycles. The van der Waals surface area contributed by atoms with Gasteiger partial charge in [0, 0.05) is 23.2 Å². The Bertz CT molecular complexity index is 1200. The largest absolute Gasteiger partial charge is 0.504 e. The molecule has 0 saturated carbocycles. The van der Waals surface area contributed by atoms with Crippen molar-refractivity contribution >= 4 is 5.97 Å². The van der Waals surface area contributed by atoms with Gasteiger partial charge in [-0.25, -0.2) is 4.79 Å². The van der Waals surface area contributed by atoms with Crippen LogP contribution in [0.1, 0.15) is 43.0 Å². The first-order chi connectivity index (χ1) is 16.1. The number of esters is 1. The van der Waals surface area contributed by atoms with Crippen LogP contribution in [-0.2, 0) is 22.1 Å². The molecule has 0 fully saturated rings. The van der Waals surface area contributed by atoms with E-state index in [9.17, 15) is 23.1 Å². The lowest BCUT2D eigenvalue weighted by atomic mass is 9.81. The monoisotopic (exact) mass is 475 g/mol. The van der Waals surface area contributed by atoms with Gasteiger partial charge in [-0.15, -0.1) is 0 Å². The van der Waals surface area contributed by atoms with Crippen molar-refractivity contribution < 1.29 is 37.3 Å². The van der Waals surface area contributed by atoms with Crippen LogP contribution in [-0.4, -0.2) is 42.5 Å².